The normalized spacial score (nSPS) is 13.1. The summed E-state index contributed by atoms with van der Waals surface area (Å²) in [5.74, 6) is 0.963. The van der Waals surface area contributed by atoms with Crippen LogP contribution in [-0.4, -0.2) is 22.5 Å². The predicted molar refractivity (Wildman–Crippen MR) is 99.3 cm³/mol. The molecule has 4 nitrogen and oxygen atoms in total. The zero-order valence-corrected chi connectivity index (χ0v) is 14.9. The maximum absolute atomic E-state index is 12.0. The average Bonchev–Trinajstić information content (AvgIpc) is 2.56. The summed E-state index contributed by atoms with van der Waals surface area (Å²) < 4.78 is 12.0. The lowest BCUT2D eigenvalue weighted by Crippen LogP contribution is -2.39. The first-order valence-corrected chi connectivity index (χ1v) is 9.54. The maximum Gasteiger partial charge on any atom is 0.315 e. The standard InChI is InChI=1S/C19H24N2O2S/c1-15-8-6-7-11-18(15)16(2)21-19(22)20-12-13-24(23)14-17-9-4-3-5-10-17/h3-11,16H,12-14H2,1-2H3,(H2,20,21,22)/t16-,24+/m1/s1. The number of hydrogen-bond acceptors (Lipinski definition) is 2. The van der Waals surface area contributed by atoms with Gasteiger partial charge in [0, 0.05) is 28.9 Å². The summed E-state index contributed by atoms with van der Waals surface area (Å²) >= 11 is 0. The van der Waals surface area contributed by atoms with Gasteiger partial charge >= 0.3 is 6.03 Å². The Bertz CT molecular complexity index is 689. The summed E-state index contributed by atoms with van der Waals surface area (Å²) in [7, 11) is -0.982. The van der Waals surface area contributed by atoms with Crippen molar-refractivity contribution < 1.29 is 9.00 Å². The highest BCUT2D eigenvalue weighted by atomic mass is 32.2. The average molecular weight is 344 g/mol. The molecule has 2 aromatic rings. The summed E-state index contributed by atoms with van der Waals surface area (Å²) in [6, 6.07) is 17.4. The van der Waals surface area contributed by atoms with E-state index in [1.54, 1.807) is 0 Å². The second-order valence-electron chi connectivity index (χ2n) is 5.75. The molecule has 0 spiro atoms. The Morgan fingerprint density at radius 2 is 1.75 bits per heavy atom. The van der Waals surface area contributed by atoms with E-state index in [0.717, 1.165) is 16.7 Å². The number of amides is 2. The highest BCUT2D eigenvalue weighted by Gasteiger charge is 2.11. The Labute approximate surface area is 146 Å². The van der Waals surface area contributed by atoms with Gasteiger partial charge in [-0.3, -0.25) is 4.21 Å². The quantitative estimate of drug-likeness (QED) is 0.810. The van der Waals surface area contributed by atoms with Gasteiger partial charge in [-0.25, -0.2) is 4.79 Å². The van der Waals surface area contributed by atoms with Crippen LogP contribution in [0.4, 0.5) is 4.79 Å². The minimum Gasteiger partial charge on any atom is -0.337 e. The van der Waals surface area contributed by atoms with Gasteiger partial charge in [0.25, 0.3) is 0 Å². The van der Waals surface area contributed by atoms with Gasteiger partial charge in [0.1, 0.15) is 0 Å². The molecule has 0 heterocycles. The van der Waals surface area contributed by atoms with Gasteiger partial charge in [0.2, 0.25) is 0 Å². The first-order valence-electron chi connectivity index (χ1n) is 8.05. The fourth-order valence-corrected chi connectivity index (χ4v) is 3.55. The van der Waals surface area contributed by atoms with Crippen LogP contribution in [-0.2, 0) is 16.6 Å². The summed E-state index contributed by atoms with van der Waals surface area (Å²) in [5, 5.41) is 5.69. The Balaban J connectivity index is 1.71. The fourth-order valence-electron chi connectivity index (χ4n) is 2.51. The molecule has 0 aromatic heterocycles. The molecule has 0 aliphatic rings. The molecule has 2 amide bonds. The molecule has 2 aromatic carbocycles. The van der Waals surface area contributed by atoms with Crippen molar-refractivity contribution in [2.24, 2.45) is 0 Å². The van der Waals surface area contributed by atoms with E-state index in [1.807, 2.05) is 68.4 Å². The summed E-state index contributed by atoms with van der Waals surface area (Å²) in [6.07, 6.45) is 0. The van der Waals surface area contributed by atoms with Crippen LogP contribution in [0.2, 0.25) is 0 Å². The highest BCUT2D eigenvalue weighted by Crippen LogP contribution is 2.16. The second-order valence-corrected chi connectivity index (χ2v) is 7.33. The Kier molecular flexibility index (Phi) is 7.00. The van der Waals surface area contributed by atoms with Gasteiger partial charge < -0.3 is 10.6 Å². The number of benzene rings is 2. The largest absolute Gasteiger partial charge is 0.337 e. The van der Waals surface area contributed by atoms with Crippen LogP contribution in [0.5, 0.6) is 0 Å². The molecular weight excluding hydrogens is 320 g/mol. The van der Waals surface area contributed by atoms with Crippen molar-refractivity contribution in [2.45, 2.75) is 25.6 Å². The summed E-state index contributed by atoms with van der Waals surface area (Å²) in [6.45, 7) is 4.37. The van der Waals surface area contributed by atoms with Crippen LogP contribution in [0.25, 0.3) is 0 Å². The molecule has 2 atom stereocenters. The lowest BCUT2D eigenvalue weighted by Gasteiger charge is -2.17. The zero-order chi connectivity index (χ0) is 17.4. The Hall–Kier alpha value is -2.14. The number of carbonyl (C=O) groups excluding carboxylic acids is 1. The summed E-state index contributed by atoms with van der Waals surface area (Å²) in [5.41, 5.74) is 3.29. The van der Waals surface area contributed by atoms with Crippen molar-refractivity contribution >= 4 is 16.8 Å². The van der Waals surface area contributed by atoms with Crippen LogP contribution >= 0.6 is 0 Å². The fraction of sp³-hybridized carbons (Fsp3) is 0.316. The van der Waals surface area contributed by atoms with Crippen LogP contribution in [0, 0.1) is 6.92 Å². The molecule has 0 fully saturated rings. The molecule has 2 rings (SSSR count). The molecule has 0 aliphatic heterocycles. The second kappa shape index (κ2) is 9.23. The van der Waals surface area contributed by atoms with E-state index < -0.39 is 10.8 Å². The van der Waals surface area contributed by atoms with Crippen molar-refractivity contribution in [1.29, 1.82) is 0 Å². The van der Waals surface area contributed by atoms with Crippen molar-refractivity contribution in [1.82, 2.24) is 10.6 Å². The number of nitrogens with one attached hydrogen (secondary N) is 2. The third-order valence-corrected chi connectivity index (χ3v) is 5.10. The molecule has 0 saturated heterocycles. The molecule has 0 aliphatic carbocycles. The molecule has 128 valence electrons. The van der Waals surface area contributed by atoms with E-state index in [4.69, 9.17) is 0 Å². The van der Waals surface area contributed by atoms with Gasteiger partial charge in [-0.05, 0) is 30.5 Å². The van der Waals surface area contributed by atoms with Gasteiger partial charge in [-0.2, -0.15) is 0 Å². The van der Waals surface area contributed by atoms with E-state index in [9.17, 15) is 9.00 Å². The van der Waals surface area contributed by atoms with Gasteiger partial charge in [-0.1, -0.05) is 54.6 Å². The molecule has 2 N–H and O–H groups in total. The first kappa shape index (κ1) is 18.2. The van der Waals surface area contributed by atoms with Gasteiger partial charge in [0.15, 0.2) is 0 Å². The van der Waals surface area contributed by atoms with E-state index in [0.29, 0.717) is 18.1 Å². The van der Waals surface area contributed by atoms with E-state index in [-0.39, 0.29) is 12.1 Å². The van der Waals surface area contributed by atoms with E-state index in [1.165, 1.54) is 0 Å². The van der Waals surface area contributed by atoms with Gasteiger partial charge in [0.05, 0.1) is 6.04 Å². The van der Waals surface area contributed by atoms with Crippen LogP contribution in [0.3, 0.4) is 0 Å². The number of urea groups is 1. The third-order valence-electron chi connectivity index (χ3n) is 3.79. The Morgan fingerprint density at radius 3 is 2.46 bits per heavy atom. The van der Waals surface area contributed by atoms with E-state index >= 15 is 0 Å². The van der Waals surface area contributed by atoms with Crippen molar-refractivity contribution in [2.75, 3.05) is 12.3 Å². The molecule has 0 radical (unpaired) electrons. The first-order chi connectivity index (χ1) is 11.6. The lowest BCUT2D eigenvalue weighted by molar-refractivity contribution is 0.238. The topological polar surface area (TPSA) is 58.2 Å². The highest BCUT2D eigenvalue weighted by molar-refractivity contribution is 7.84. The number of rotatable bonds is 7. The molecular formula is C19H24N2O2S. The van der Waals surface area contributed by atoms with Gasteiger partial charge in [-0.15, -0.1) is 0 Å². The maximum atomic E-state index is 12.0. The zero-order valence-electron chi connectivity index (χ0n) is 14.1. The number of aryl methyl sites for hydroxylation is 1. The SMILES string of the molecule is Cc1ccccc1[C@@H](C)NC(=O)NCC[S@](=O)Cc1ccccc1. The number of carbonyl (C=O) groups is 1. The molecule has 24 heavy (non-hydrogen) atoms. The van der Waals surface area contributed by atoms with Crippen molar-refractivity contribution in [3.63, 3.8) is 0 Å². The predicted octanol–water partition coefficient (Wildman–Crippen LogP) is 3.30. The lowest BCUT2D eigenvalue weighted by atomic mass is 10.0. The smallest absolute Gasteiger partial charge is 0.315 e. The van der Waals surface area contributed by atoms with Crippen LogP contribution in [0.15, 0.2) is 54.6 Å². The third kappa shape index (κ3) is 5.81. The molecule has 5 heteroatoms. The van der Waals surface area contributed by atoms with Crippen molar-refractivity contribution in [3.05, 3.63) is 71.3 Å². The van der Waals surface area contributed by atoms with E-state index in [2.05, 4.69) is 10.6 Å². The minimum atomic E-state index is -0.982. The monoisotopic (exact) mass is 344 g/mol. The molecule has 0 bridgehead atoms. The molecule has 0 saturated carbocycles. The van der Waals surface area contributed by atoms with Crippen molar-refractivity contribution in [3.8, 4) is 0 Å². The number of hydrogen-bond donors (Lipinski definition) is 2. The Morgan fingerprint density at radius 1 is 1.08 bits per heavy atom. The van der Waals surface area contributed by atoms with Crippen LogP contribution < -0.4 is 10.6 Å². The minimum absolute atomic E-state index is 0.0685. The summed E-state index contributed by atoms with van der Waals surface area (Å²) in [4.78, 5) is 12.0. The van der Waals surface area contributed by atoms with Crippen LogP contribution in [0.1, 0.15) is 29.7 Å². The molecule has 0 unspecified atom stereocenters.